The lowest BCUT2D eigenvalue weighted by molar-refractivity contribution is -0.145. The largest absolute Gasteiger partial charge is 0.455 e. The van der Waals surface area contributed by atoms with Gasteiger partial charge in [0.15, 0.2) is 6.61 Å². The highest BCUT2D eigenvalue weighted by Crippen LogP contribution is 2.22. The maximum atomic E-state index is 13.5. The summed E-state index contributed by atoms with van der Waals surface area (Å²) < 4.78 is 31.2. The van der Waals surface area contributed by atoms with E-state index in [1.807, 2.05) is 25.2 Å². The molecule has 2 aromatic carbocycles. The molecule has 28 heavy (non-hydrogen) atoms. The summed E-state index contributed by atoms with van der Waals surface area (Å²) in [6.07, 6.45) is 0. The van der Waals surface area contributed by atoms with Gasteiger partial charge in [-0.05, 0) is 49.2 Å². The highest BCUT2D eigenvalue weighted by Gasteiger charge is 2.13. The number of halogens is 2. The van der Waals surface area contributed by atoms with E-state index in [1.165, 1.54) is 0 Å². The summed E-state index contributed by atoms with van der Waals surface area (Å²) in [7, 11) is 0. The second-order valence-electron chi connectivity index (χ2n) is 5.77. The first-order valence-corrected chi connectivity index (χ1v) is 9.15. The number of benzene rings is 2. The van der Waals surface area contributed by atoms with Gasteiger partial charge >= 0.3 is 12.0 Å². The van der Waals surface area contributed by atoms with E-state index in [0.717, 1.165) is 41.1 Å². The summed E-state index contributed by atoms with van der Waals surface area (Å²) in [4.78, 5) is 35.1. The van der Waals surface area contributed by atoms with Crippen LogP contribution in [0.5, 0.6) is 0 Å². The van der Waals surface area contributed by atoms with Crippen LogP contribution in [0.4, 0.5) is 19.3 Å². The molecule has 3 amide bonds. The van der Waals surface area contributed by atoms with E-state index in [1.54, 1.807) is 12.1 Å². The summed E-state index contributed by atoms with van der Waals surface area (Å²) in [5.74, 6) is -3.24. The Labute approximate surface area is 164 Å². The lowest BCUT2D eigenvalue weighted by atomic mass is 10.1. The molecule has 0 fully saturated rings. The summed E-state index contributed by atoms with van der Waals surface area (Å²) in [5.41, 5.74) is 2.39. The van der Waals surface area contributed by atoms with E-state index >= 15 is 0 Å². The van der Waals surface area contributed by atoms with E-state index in [-0.39, 0.29) is 10.6 Å². The minimum absolute atomic E-state index is 0.0469. The number of nitrogens with one attached hydrogen (secondary N) is 2. The fourth-order valence-corrected chi connectivity index (χ4v) is 2.87. The van der Waals surface area contributed by atoms with E-state index < -0.39 is 36.1 Å². The Morgan fingerprint density at radius 2 is 1.86 bits per heavy atom. The first kappa shape index (κ1) is 21.4. The van der Waals surface area contributed by atoms with Crippen molar-refractivity contribution in [3.05, 3.63) is 59.2 Å². The smallest absolute Gasteiger partial charge is 0.325 e. The maximum Gasteiger partial charge on any atom is 0.325 e. The number of hydrogen-bond acceptors (Lipinski definition) is 5. The van der Waals surface area contributed by atoms with Crippen molar-refractivity contribution in [2.45, 2.75) is 18.7 Å². The molecule has 0 aliphatic heterocycles. The van der Waals surface area contributed by atoms with Gasteiger partial charge in [0.25, 0.3) is 5.91 Å². The standard InChI is InChI=1S/C19H18F2N2O4S/c1-11-4-3-5-15(12(11)2)22-19(26)23-17(24)9-27-18(25)10-28-16-8-13(20)6-7-14(16)21/h3-8H,9-10H2,1-2H3,(H2,22,23,24,26). The molecule has 0 aliphatic carbocycles. The number of thioether (sulfide) groups is 1. The van der Waals surface area contributed by atoms with Gasteiger partial charge in [-0.2, -0.15) is 0 Å². The lowest BCUT2D eigenvalue weighted by Gasteiger charge is -2.11. The SMILES string of the molecule is Cc1cccc(NC(=O)NC(=O)COC(=O)CSc2cc(F)ccc2F)c1C. The van der Waals surface area contributed by atoms with Crippen LogP contribution in [0, 0.1) is 25.5 Å². The molecule has 0 heterocycles. The molecule has 0 aromatic heterocycles. The number of hydrogen-bond donors (Lipinski definition) is 2. The number of carbonyl (C=O) groups excluding carboxylic acids is 3. The van der Waals surface area contributed by atoms with Crippen molar-refractivity contribution in [2.24, 2.45) is 0 Å². The molecule has 0 atom stereocenters. The molecular weight excluding hydrogens is 390 g/mol. The van der Waals surface area contributed by atoms with Crippen LogP contribution in [-0.2, 0) is 14.3 Å². The van der Waals surface area contributed by atoms with Crippen LogP contribution in [0.25, 0.3) is 0 Å². The Kier molecular flexibility index (Phi) is 7.51. The monoisotopic (exact) mass is 408 g/mol. The minimum Gasteiger partial charge on any atom is -0.455 e. The molecule has 0 saturated carbocycles. The predicted molar refractivity (Wildman–Crippen MR) is 101 cm³/mol. The highest BCUT2D eigenvalue weighted by atomic mass is 32.2. The van der Waals surface area contributed by atoms with E-state index in [0.29, 0.717) is 5.69 Å². The molecule has 0 unspecified atom stereocenters. The van der Waals surface area contributed by atoms with Crippen LogP contribution in [-0.4, -0.2) is 30.3 Å². The molecular formula is C19H18F2N2O4S. The fraction of sp³-hybridized carbons (Fsp3) is 0.211. The molecule has 0 aliphatic rings. The Morgan fingerprint density at radius 3 is 2.61 bits per heavy atom. The third-order valence-corrected chi connectivity index (χ3v) is 4.71. The summed E-state index contributed by atoms with van der Waals surface area (Å²) in [6, 6.07) is 7.45. The fourth-order valence-electron chi connectivity index (χ4n) is 2.11. The topological polar surface area (TPSA) is 84.5 Å². The van der Waals surface area contributed by atoms with Crippen molar-refractivity contribution >= 4 is 35.4 Å². The Hall–Kier alpha value is -2.94. The Bertz CT molecular complexity index is 905. The van der Waals surface area contributed by atoms with E-state index in [2.05, 4.69) is 5.32 Å². The number of esters is 1. The van der Waals surface area contributed by atoms with E-state index in [4.69, 9.17) is 4.74 Å². The van der Waals surface area contributed by atoms with Gasteiger partial charge in [0.1, 0.15) is 11.6 Å². The molecule has 6 nitrogen and oxygen atoms in total. The maximum absolute atomic E-state index is 13.5. The van der Waals surface area contributed by atoms with Crippen molar-refractivity contribution in [3.63, 3.8) is 0 Å². The average Bonchev–Trinajstić information content (AvgIpc) is 2.64. The number of imide groups is 1. The van der Waals surface area contributed by atoms with Gasteiger partial charge in [-0.15, -0.1) is 11.8 Å². The van der Waals surface area contributed by atoms with Gasteiger partial charge in [0.2, 0.25) is 0 Å². The first-order chi connectivity index (χ1) is 13.3. The normalized spacial score (nSPS) is 10.3. The number of ether oxygens (including phenoxy) is 1. The quantitative estimate of drug-likeness (QED) is 0.564. The second-order valence-corrected chi connectivity index (χ2v) is 6.79. The highest BCUT2D eigenvalue weighted by molar-refractivity contribution is 8.00. The zero-order chi connectivity index (χ0) is 20.7. The van der Waals surface area contributed by atoms with Gasteiger partial charge in [0.05, 0.1) is 5.75 Å². The number of rotatable bonds is 6. The number of carbonyl (C=O) groups is 3. The summed E-state index contributed by atoms with van der Waals surface area (Å²) in [6.45, 7) is 3.04. The Morgan fingerprint density at radius 1 is 1.11 bits per heavy atom. The van der Waals surface area contributed by atoms with Crippen LogP contribution in [0.3, 0.4) is 0 Å². The first-order valence-electron chi connectivity index (χ1n) is 8.17. The number of amides is 3. The van der Waals surface area contributed by atoms with Crippen LogP contribution in [0.1, 0.15) is 11.1 Å². The van der Waals surface area contributed by atoms with Crippen molar-refractivity contribution in [1.82, 2.24) is 5.32 Å². The van der Waals surface area contributed by atoms with Crippen molar-refractivity contribution in [3.8, 4) is 0 Å². The number of urea groups is 1. The van der Waals surface area contributed by atoms with Gasteiger partial charge in [-0.25, -0.2) is 13.6 Å². The summed E-state index contributed by atoms with van der Waals surface area (Å²) in [5, 5.41) is 4.57. The van der Waals surface area contributed by atoms with Crippen LogP contribution in [0.15, 0.2) is 41.3 Å². The van der Waals surface area contributed by atoms with Gasteiger partial charge in [-0.1, -0.05) is 12.1 Å². The lowest BCUT2D eigenvalue weighted by Crippen LogP contribution is -2.37. The molecule has 0 radical (unpaired) electrons. The number of anilines is 1. The molecule has 0 bridgehead atoms. The van der Waals surface area contributed by atoms with Gasteiger partial charge in [0, 0.05) is 10.6 Å². The van der Waals surface area contributed by atoms with Gasteiger partial charge < -0.3 is 10.1 Å². The molecule has 0 saturated heterocycles. The zero-order valence-electron chi connectivity index (χ0n) is 15.2. The van der Waals surface area contributed by atoms with Crippen molar-refractivity contribution in [1.29, 1.82) is 0 Å². The molecule has 2 rings (SSSR count). The molecule has 148 valence electrons. The molecule has 9 heteroatoms. The van der Waals surface area contributed by atoms with Crippen LogP contribution >= 0.6 is 11.8 Å². The number of aryl methyl sites for hydroxylation is 1. The zero-order valence-corrected chi connectivity index (χ0v) is 16.0. The van der Waals surface area contributed by atoms with Crippen LogP contribution in [0.2, 0.25) is 0 Å². The van der Waals surface area contributed by atoms with Crippen molar-refractivity contribution in [2.75, 3.05) is 17.7 Å². The molecule has 2 N–H and O–H groups in total. The third kappa shape index (κ3) is 6.34. The van der Waals surface area contributed by atoms with Crippen LogP contribution < -0.4 is 10.6 Å². The third-order valence-electron chi connectivity index (χ3n) is 3.71. The average molecular weight is 408 g/mol. The minimum atomic E-state index is -0.821. The van der Waals surface area contributed by atoms with Crippen molar-refractivity contribution < 1.29 is 27.9 Å². The summed E-state index contributed by atoms with van der Waals surface area (Å²) >= 11 is 0.739. The van der Waals surface area contributed by atoms with E-state index in [9.17, 15) is 23.2 Å². The molecule has 2 aromatic rings. The molecule has 0 spiro atoms. The Balaban J connectivity index is 1.75. The van der Waals surface area contributed by atoms with Gasteiger partial charge in [-0.3, -0.25) is 14.9 Å². The predicted octanol–water partition coefficient (Wildman–Crippen LogP) is 3.57. The second kappa shape index (κ2) is 9.84.